The fraction of sp³-hybridized carbons (Fsp3) is 1.00. The summed E-state index contributed by atoms with van der Waals surface area (Å²) in [4.78, 5) is 0. The van der Waals surface area contributed by atoms with Gasteiger partial charge in [-0.15, -0.1) is 0 Å². The predicted molar refractivity (Wildman–Crippen MR) is 55.2 cm³/mol. The average Bonchev–Trinajstić information content (AvgIpc) is 2.73. The standard InChI is InChI=1S/C11H21NO2/c1-9-2-3-10(6-9)12-7-11(13)4-5-14-8-11/h9-10,12-13H,2-8H2,1H3. The maximum atomic E-state index is 10.0. The lowest BCUT2D eigenvalue weighted by Crippen LogP contribution is -2.44. The molecule has 3 heteroatoms. The molecule has 3 nitrogen and oxygen atoms in total. The Morgan fingerprint density at radius 3 is 2.93 bits per heavy atom. The van der Waals surface area contributed by atoms with E-state index in [0.29, 0.717) is 25.8 Å². The van der Waals surface area contributed by atoms with Crippen LogP contribution in [0, 0.1) is 5.92 Å². The summed E-state index contributed by atoms with van der Waals surface area (Å²) in [7, 11) is 0. The lowest BCUT2D eigenvalue weighted by atomic mass is 10.0. The van der Waals surface area contributed by atoms with E-state index in [0.717, 1.165) is 12.3 Å². The first kappa shape index (κ1) is 10.4. The van der Waals surface area contributed by atoms with E-state index in [2.05, 4.69) is 12.2 Å². The number of ether oxygens (including phenoxy) is 1. The largest absolute Gasteiger partial charge is 0.386 e. The molecule has 0 aromatic rings. The molecule has 1 heterocycles. The van der Waals surface area contributed by atoms with E-state index in [4.69, 9.17) is 4.74 Å². The average molecular weight is 199 g/mol. The van der Waals surface area contributed by atoms with Gasteiger partial charge in [0.2, 0.25) is 0 Å². The van der Waals surface area contributed by atoms with Crippen molar-refractivity contribution in [3.63, 3.8) is 0 Å². The first-order chi connectivity index (χ1) is 6.68. The van der Waals surface area contributed by atoms with Crippen LogP contribution >= 0.6 is 0 Å². The van der Waals surface area contributed by atoms with Crippen molar-refractivity contribution in [3.05, 3.63) is 0 Å². The van der Waals surface area contributed by atoms with E-state index in [1.807, 2.05) is 0 Å². The molecule has 2 fully saturated rings. The Balaban J connectivity index is 1.71. The summed E-state index contributed by atoms with van der Waals surface area (Å²) in [6.45, 7) is 4.21. The molecule has 0 radical (unpaired) electrons. The van der Waals surface area contributed by atoms with Gasteiger partial charge < -0.3 is 15.2 Å². The SMILES string of the molecule is CC1CCC(NCC2(O)CCOC2)C1. The van der Waals surface area contributed by atoms with Gasteiger partial charge in [-0.2, -0.15) is 0 Å². The van der Waals surface area contributed by atoms with Gasteiger partial charge in [0.25, 0.3) is 0 Å². The van der Waals surface area contributed by atoms with Crippen LogP contribution in [0.2, 0.25) is 0 Å². The summed E-state index contributed by atoms with van der Waals surface area (Å²) < 4.78 is 5.21. The molecule has 0 spiro atoms. The summed E-state index contributed by atoms with van der Waals surface area (Å²) in [5, 5.41) is 13.5. The third-order valence-corrected chi connectivity index (χ3v) is 3.50. The van der Waals surface area contributed by atoms with Gasteiger partial charge >= 0.3 is 0 Å². The first-order valence-electron chi connectivity index (χ1n) is 5.71. The normalized spacial score (nSPS) is 43.3. The molecule has 2 aliphatic rings. The molecule has 82 valence electrons. The number of hydrogen-bond acceptors (Lipinski definition) is 3. The number of hydrogen-bond donors (Lipinski definition) is 2. The number of nitrogens with one attached hydrogen (secondary N) is 1. The zero-order valence-corrected chi connectivity index (χ0v) is 8.96. The van der Waals surface area contributed by atoms with E-state index in [9.17, 15) is 5.11 Å². The minimum atomic E-state index is -0.591. The van der Waals surface area contributed by atoms with Crippen LogP contribution in [0.4, 0.5) is 0 Å². The molecule has 2 rings (SSSR count). The van der Waals surface area contributed by atoms with Crippen molar-refractivity contribution in [1.29, 1.82) is 0 Å². The van der Waals surface area contributed by atoms with Crippen LogP contribution in [0.25, 0.3) is 0 Å². The quantitative estimate of drug-likeness (QED) is 0.710. The van der Waals surface area contributed by atoms with Crippen molar-refractivity contribution in [2.75, 3.05) is 19.8 Å². The fourth-order valence-electron chi connectivity index (χ4n) is 2.46. The van der Waals surface area contributed by atoms with Crippen LogP contribution in [0.3, 0.4) is 0 Å². The molecule has 1 saturated carbocycles. The van der Waals surface area contributed by atoms with E-state index < -0.39 is 5.60 Å². The molecule has 3 unspecified atom stereocenters. The molecular weight excluding hydrogens is 178 g/mol. The lowest BCUT2D eigenvalue weighted by Gasteiger charge is -2.23. The molecule has 0 amide bonds. The van der Waals surface area contributed by atoms with Gasteiger partial charge in [-0.05, 0) is 25.2 Å². The maximum Gasteiger partial charge on any atom is 0.102 e. The highest BCUT2D eigenvalue weighted by atomic mass is 16.5. The van der Waals surface area contributed by atoms with Crippen molar-refractivity contribution in [1.82, 2.24) is 5.32 Å². The first-order valence-corrected chi connectivity index (χ1v) is 5.71. The molecular formula is C11H21NO2. The van der Waals surface area contributed by atoms with E-state index in [-0.39, 0.29) is 0 Å². The second-order valence-electron chi connectivity index (χ2n) is 5.02. The topological polar surface area (TPSA) is 41.5 Å². The Labute approximate surface area is 85.8 Å². The Morgan fingerprint density at radius 2 is 2.36 bits per heavy atom. The molecule has 1 saturated heterocycles. The molecule has 1 aliphatic carbocycles. The second-order valence-corrected chi connectivity index (χ2v) is 5.02. The zero-order chi connectivity index (χ0) is 10.0. The Kier molecular flexibility index (Phi) is 3.10. The van der Waals surface area contributed by atoms with Crippen LogP contribution in [0.15, 0.2) is 0 Å². The fourth-order valence-corrected chi connectivity index (χ4v) is 2.46. The van der Waals surface area contributed by atoms with Crippen LogP contribution in [-0.2, 0) is 4.74 Å². The molecule has 1 aliphatic heterocycles. The van der Waals surface area contributed by atoms with Crippen molar-refractivity contribution in [3.8, 4) is 0 Å². The molecule has 3 atom stereocenters. The van der Waals surface area contributed by atoms with Gasteiger partial charge in [0.05, 0.1) is 6.61 Å². The molecule has 0 bridgehead atoms. The third-order valence-electron chi connectivity index (χ3n) is 3.50. The van der Waals surface area contributed by atoms with Gasteiger partial charge in [-0.1, -0.05) is 6.92 Å². The number of aliphatic hydroxyl groups is 1. The van der Waals surface area contributed by atoms with Crippen molar-refractivity contribution < 1.29 is 9.84 Å². The third kappa shape index (κ3) is 2.47. The van der Waals surface area contributed by atoms with Gasteiger partial charge in [0.15, 0.2) is 0 Å². The smallest absolute Gasteiger partial charge is 0.102 e. The lowest BCUT2D eigenvalue weighted by molar-refractivity contribution is 0.0249. The summed E-state index contributed by atoms with van der Waals surface area (Å²) in [5.41, 5.74) is -0.591. The van der Waals surface area contributed by atoms with Crippen LogP contribution in [0.1, 0.15) is 32.6 Å². The number of rotatable bonds is 3. The van der Waals surface area contributed by atoms with Crippen molar-refractivity contribution in [2.45, 2.75) is 44.2 Å². The van der Waals surface area contributed by atoms with Gasteiger partial charge in [0.1, 0.15) is 5.60 Å². The maximum absolute atomic E-state index is 10.0. The Hall–Kier alpha value is -0.120. The Bertz CT molecular complexity index is 190. The predicted octanol–water partition coefficient (Wildman–Crippen LogP) is 0.916. The minimum absolute atomic E-state index is 0.502. The monoisotopic (exact) mass is 199 g/mol. The van der Waals surface area contributed by atoms with E-state index in [1.54, 1.807) is 0 Å². The van der Waals surface area contributed by atoms with Gasteiger partial charge in [-0.25, -0.2) is 0 Å². The van der Waals surface area contributed by atoms with Crippen molar-refractivity contribution >= 4 is 0 Å². The minimum Gasteiger partial charge on any atom is -0.386 e. The summed E-state index contributed by atoms with van der Waals surface area (Å²) >= 11 is 0. The Morgan fingerprint density at radius 1 is 1.50 bits per heavy atom. The highest BCUT2D eigenvalue weighted by Gasteiger charge is 2.33. The van der Waals surface area contributed by atoms with Crippen LogP contribution in [-0.4, -0.2) is 36.5 Å². The van der Waals surface area contributed by atoms with Gasteiger partial charge in [0, 0.05) is 25.6 Å². The molecule has 0 aromatic carbocycles. The summed E-state index contributed by atoms with van der Waals surface area (Å²) in [6, 6.07) is 0.620. The second kappa shape index (κ2) is 4.17. The molecule has 0 aromatic heterocycles. The zero-order valence-electron chi connectivity index (χ0n) is 8.96. The molecule has 14 heavy (non-hydrogen) atoms. The van der Waals surface area contributed by atoms with Crippen LogP contribution in [0.5, 0.6) is 0 Å². The highest BCUT2D eigenvalue weighted by Crippen LogP contribution is 2.25. The van der Waals surface area contributed by atoms with Crippen molar-refractivity contribution in [2.24, 2.45) is 5.92 Å². The van der Waals surface area contributed by atoms with Gasteiger partial charge in [-0.3, -0.25) is 0 Å². The van der Waals surface area contributed by atoms with E-state index >= 15 is 0 Å². The van der Waals surface area contributed by atoms with Crippen LogP contribution < -0.4 is 5.32 Å². The highest BCUT2D eigenvalue weighted by molar-refractivity contribution is 4.88. The summed E-state index contributed by atoms with van der Waals surface area (Å²) in [6.07, 6.45) is 4.63. The molecule has 2 N–H and O–H groups in total. The van der Waals surface area contributed by atoms with E-state index in [1.165, 1.54) is 19.3 Å². The summed E-state index contributed by atoms with van der Waals surface area (Å²) in [5.74, 6) is 0.849.